The van der Waals surface area contributed by atoms with E-state index in [1.807, 2.05) is 6.07 Å². The second-order valence-electron chi connectivity index (χ2n) is 5.41. The molecule has 11 heteroatoms. The highest BCUT2D eigenvalue weighted by Gasteiger charge is 2.14. The number of nitrogens with one attached hydrogen (secondary N) is 3. The Morgan fingerprint density at radius 2 is 2.00 bits per heavy atom. The standard InChI is InChI=1S/C17H15N7O3S/c1-27-15-4-2-3-14(9-15)22-28(25,26)16-7-5-13(6-8-16)19-11-12(10-18)17-20-23-24-21-17/h2-9,11,19,22H,1H3,(H,20,21,23,24). The second-order valence-corrected chi connectivity index (χ2v) is 7.09. The lowest BCUT2D eigenvalue weighted by Gasteiger charge is -2.10. The number of ether oxygens (including phenoxy) is 1. The van der Waals surface area contributed by atoms with Gasteiger partial charge >= 0.3 is 0 Å². The Morgan fingerprint density at radius 1 is 1.21 bits per heavy atom. The fourth-order valence-corrected chi connectivity index (χ4v) is 3.26. The largest absolute Gasteiger partial charge is 0.497 e. The Morgan fingerprint density at radius 3 is 2.64 bits per heavy atom. The zero-order valence-electron chi connectivity index (χ0n) is 14.6. The number of benzene rings is 2. The van der Waals surface area contributed by atoms with Crippen LogP contribution in [0.5, 0.6) is 5.75 Å². The summed E-state index contributed by atoms with van der Waals surface area (Å²) in [4.78, 5) is 0.0866. The van der Waals surface area contributed by atoms with Crippen LogP contribution in [0.1, 0.15) is 5.82 Å². The highest BCUT2D eigenvalue weighted by Crippen LogP contribution is 2.21. The average molecular weight is 397 g/mol. The topological polar surface area (TPSA) is 146 Å². The number of aromatic amines is 1. The summed E-state index contributed by atoms with van der Waals surface area (Å²) < 4.78 is 32.6. The van der Waals surface area contributed by atoms with Crippen molar-refractivity contribution >= 4 is 27.0 Å². The van der Waals surface area contributed by atoms with E-state index in [1.165, 1.54) is 25.4 Å². The molecule has 0 amide bonds. The summed E-state index contributed by atoms with van der Waals surface area (Å²) in [7, 11) is -2.26. The number of allylic oxidation sites excluding steroid dienone is 1. The van der Waals surface area contributed by atoms with E-state index < -0.39 is 10.0 Å². The third-order valence-electron chi connectivity index (χ3n) is 3.58. The molecular formula is C17H15N7O3S. The highest BCUT2D eigenvalue weighted by molar-refractivity contribution is 7.92. The van der Waals surface area contributed by atoms with Crippen LogP contribution in [-0.2, 0) is 10.0 Å². The van der Waals surface area contributed by atoms with E-state index in [9.17, 15) is 8.42 Å². The van der Waals surface area contributed by atoms with E-state index in [4.69, 9.17) is 10.00 Å². The number of H-pyrrole nitrogens is 1. The zero-order valence-corrected chi connectivity index (χ0v) is 15.4. The van der Waals surface area contributed by atoms with Crippen LogP contribution in [0.25, 0.3) is 5.57 Å². The minimum atomic E-state index is -3.76. The van der Waals surface area contributed by atoms with Crippen molar-refractivity contribution in [2.45, 2.75) is 4.90 Å². The normalized spacial score (nSPS) is 11.5. The Balaban J connectivity index is 1.73. The van der Waals surface area contributed by atoms with Gasteiger partial charge in [0.15, 0.2) is 0 Å². The average Bonchev–Trinajstić information content (AvgIpc) is 3.23. The quantitative estimate of drug-likeness (QED) is 0.513. The van der Waals surface area contributed by atoms with Gasteiger partial charge in [-0.3, -0.25) is 4.72 Å². The van der Waals surface area contributed by atoms with Crippen molar-refractivity contribution in [1.82, 2.24) is 20.6 Å². The first-order chi connectivity index (χ1) is 13.5. The summed E-state index contributed by atoms with van der Waals surface area (Å²) >= 11 is 0. The molecule has 0 radical (unpaired) electrons. The minimum Gasteiger partial charge on any atom is -0.497 e. The number of hydrogen-bond acceptors (Lipinski definition) is 8. The van der Waals surface area contributed by atoms with Crippen LogP contribution in [0, 0.1) is 11.3 Å². The molecule has 142 valence electrons. The molecular weight excluding hydrogens is 382 g/mol. The fraction of sp³-hybridized carbons (Fsp3) is 0.0588. The first-order valence-electron chi connectivity index (χ1n) is 7.89. The lowest BCUT2D eigenvalue weighted by molar-refractivity contribution is 0.415. The molecule has 0 aliphatic carbocycles. The third kappa shape index (κ3) is 4.43. The van der Waals surface area contributed by atoms with Gasteiger partial charge < -0.3 is 10.1 Å². The number of hydrogen-bond donors (Lipinski definition) is 3. The second kappa shape index (κ2) is 8.19. The smallest absolute Gasteiger partial charge is 0.261 e. The molecule has 1 aromatic heterocycles. The van der Waals surface area contributed by atoms with E-state index in [-0.39, 0.29) is 16.3 Å². The van der Waals surface area contributed by atoms with E-state index in [0.717, 1.165) is 0 Å². The first-order valence-corrected chi connectivity index (χ1v) is 9.38. The predicted molar refractivity (Wildman–Crippen MR) is 102 cm³/mol. The van der Waals surface area contributed by atoms with Gasteiger partial charge in [0.2, 0.25) is 5.82 Å². The maximum Gasteiger partial charge on any atom is 0.261 e. The first kappa shape index (κ1) is 18.9. The maximum absolute atomic E-state index is 12.5. The predicted octanol–water partition coefficient (Wildman–Crippen LogP) is 1.99. The molecule has 3 rings (SSSR count). The summed E-state index contributed by atoms with van der Waals surface area (Å²) in [6.07, 6.45) is 1.41. The van der Waals surface area contributed by atoms with Crippen LogP contribution < -0.4 is 14.8 Å². The van der Waals surface area contributed by atoms with Crippen LogP contribution in [0.2, 0.25) is 0 Å². The zero-order chi connectivity index (χ0) is 20.0. The number of tetrazole rings is 1. The van der Waals surface area contributed by atoms with Crippen LogP contribution in [0.15, 0.2) is 59.6 Å². The number of anilines is 2. The summed E-state index contributed by atoms with van der Waals surface area (Å²) in [6, 6.07) is 14.6. The van der Waals surface area contributed by atoms with Crippen molar-refractivity contribution in [3.63, 3.8) is 0 Å². The van der Waals surface area contributed by atoms with Crippen molar-refractivity contribution in [3.05, 3.63) is 60.6 Å². The van der Waals surface area contributed by atoms with Crippen LogP contribution in [-0.4, -0.2) is 36.2 Å². The van der Waals surface area contributed by atoms with Gasteiger partial charge in [-0.25, -0.2) is 8.42 Å². The highest BCUT2D eigenvalue weighted by atomic mass is 32.2. The van der Waals surface area contributed by atoms with Gasteiger partial charge in [0.1, 0.15) is 17.4 Å². The Bertz CT molecular complexity index is 1120. The van der Waals surface area contributed by atoms with Gasteiger partial charge in [-0.05, 0) is 41.6 Å². The third-order valence-corrected chi connectivity index (χ3v) is 4.97. The summed E-state index contributed by atoms with van der Waals surface area (Å²) in [5.74, 6) is 0.693. The number of aromatic nitrogens is 4. The van der Waals surface area contributed by atoms with E-state index in [1.54, 1.807) is 36.4 Å². The van der Waals surface area contributed by atoms with Gasteiger partial charge in [0.25, 0.3) is 10.0 Å². The SMILES string of the molecule is COc1cccc(NS(=O)(=O)c2ccc(NC=C(C#N)c3nn[nH]n3)cc2)c1. The van der Waals surface area contributed by atoms with Crippen molar-refractivity contribution in [2.75, 3.05) is 17.1 Å². The molecule has 10 nitrogen and oxygen atoms in total. The molecule has 0 aliphatic rings. The molecule has 0 spiro atoms. The molecule has 0 unspecified atom stereocenters. The molecule has 0 saturated carbocycles. The fourth-order valence-electron chi connectivity index (χ4n) is 2.21. The summed E-state index contributed by atoms with van der Waals surface area (Å²) in [5, 5.41) is 25.1. The molecule has 0 atom stereocenters. The molecule has 28 heavy (non-hydrogen) atoms. The minimum absolute atomic E-state index is 0.0866. The molecule has 1 heterocycles. The van der Waals surface area contributed by atoms with Crippen LogP contribution in [0.4, 0.5) is 11.4 Å². The van der Waals surface area contributed by atoms with Crippen molar-refractivity contribution in [1.29, 1.82) is 5.26 Å². The lowest BCUT2D eigenvalue weighted by Crippen LogP contribution is -2.12. The number of sulfonamides is 1. The van der Waals surface area contributed by atoms with Crippen molar-refractivity contribution < 1.29 is 13.2 Å². The molecule has 0 fully saturated rings. The summed E-state index contributed by atoms with van der Waals surface area (Å²) in [6.45, 7) is 0. The van der Waals surface area contributed by atoms with Crippen molar-refractivity contribution in [2.24, 2.45) is 0 Å². The molecule has 0 bridgehead atoms. The van der Waals surface area contributed by atoms with Gasteiger partial charge in [-0.15, -0.1) is 10.2 Å². The molecule has 0 saturated heterocycles. The van der Waals surface area contributed by atoms with Crippen molar-refractivity contribution in [3.8, 4) is 11.8 Å². The monoisotopic (exact) mass is 397 g/mol. The number of rotatable bonds is 7. The van der Waals surface area contributed by atoms with Gasteiger partial charge in [0, 0.05) is 18.0 Å². The molecule has 2 aromatic carbocycles. The Labute approximate surface area is 160 Å². The van der Waals surface area contributed by atoms with Gasteiger partial charge in [-0.1, -0.05) is 6.07 Å². The number of nitrogens with zero attached hydrogens (tertiary/aromatic N) is 4. The van der Waals surface area contributed by atoms with Gasteiger partial charge in [-0.2, -0.15) is 10.5 Å². The van der Waals surface area contributed by atoms with Crippen LogP contribution in [0.3, 0.4) is 0 Å². The molecule has 3 aromatic rings. The molecule has 0 aliphatic heterocycles. The summed E-state index contributed by atoms with van der Waals surface area (Å²) in [5.41, 5.74) is 1.14. The number of methoxy groups -OCH3 is 1. The Hall–Kier alpha value is -3.91. The Kier molecular flexibility index (Phi) is 5.52. The lowest BCUT2D eigenvalue weighted by atomic mass is 10.3. The van der Waals surface area contributed by atoms with Gasteiger partial charge in [0.05, 0.1) is 17.7 Å². The molecule has 3 N–H and O–H groups in total. The number of nitriles is 1. The van der Waals surface area contributed by atoms with Crippen LogP contribution >= 0.6 is 0 Å². The maximum atomic E-state index is 12.5. The van der Waals surface area contributed by atoms with E-state index >= 15 is 0 Å². The van der Waals surface area contributed by atoms with E-state index in [0.29, 0.717) is 17.1 Å². The van der Waals surface area contributed by atoms with E-state index in [2.05, 4.69) is 30.7 Å².